The minimum Gasteiger partial charge on any atom is -0.387 e. The predicted molar refractivity (Wildman–Crippen MR) is 231 cm³/mol. The topological polar surface area (TPSA) is 105 Å². The number of rotatable bonds is 40. The van der Waals surface area contributed by atoms with Gasteiger partial charge in [0.1, 0.15) is 13.2 Å². The second-order valence-corrected chi connectivity index (χ2v) is 17.9. The van der Waals surface area contributed by atoms with E-state index in [1.165, 1.54) is 122 Å². The zero-order valence-corrected chi connectivity index (χ0v) is 36.9. The van der Waals surface area contributed by atoms with Crippen molar-refractivity contribution in [3.63, 3.8) is 0 Å². The largest absolute Gasteiger partial charge is 0.472 e. The van der Waals surface area contributed by atoms with Crippen molar-refractivity contribution in [1.29, 1.82) is 0 Å². The summed E-state index contributed by atoms with van der Waals surface area (Å²) >= 11 is 0. The lowest BCUT2D eigenvalue weighted by Crippen LogP contribution is -2.45. The fourth-order valence-electron chi connectivity index (χ4n) is 6.26. The van der Waals surface area contributed by atoms with E-state index in [0.29, 0.717) is 17.4 Å². The van der Waals surface area contributed by atoms with Crippen molar-refractivity contribution in [1.82, 2.24) is 5.32 Å². The van der Waals surface area contributed by atoms with Gasteiger partial charge in [-0.25, -0.2) is 4.57 Å². The van der Waals surface area contributed by atoms with Crippen LogP contribution in [-0.4, -0.2) is 73.4 Å². The van der Waals surface area contributed by atoms with Crippen LogP contribution in [0.25, 0.3) is 0 Å². The van der Waals surface area contributed by atoms with Gasteiger partial charge in [-0.3, -0.25) is 13.8 Å². The molecule has 0 aromatic rings. The van der Waals surface area contributed by atoms with Crippen LogP contribution in [0.5, 0.6) is 0 Å². The molecule has 0 radical (unpaired) electrons. The molecule has 8 nitrogen and oxygen atoms in total. The summed E-state index contributed by atoms with van der Waals surface area (Å²) in [4.78, 5) is 23.1. The van der Waals surface area contributed by atoms with Gasteiger partial charge in [-0.05, 0) is 38.5 Å². The van der Waals surface area contributed by atoms with E-state index in [9.17, 15) is 19.4 Å². The molecule has 3 N–H and O–H groups in total. The van der Waals surface area contributed by atoms with Gasteiger partial charge in [0.25, 0.3) is 0 Å². The third-order valence-corrected chi connectivity index (χ3v) is 10.8. The number of unbranched alkanes of at least 4 members (excludes halogenated alkanes) is 23. The predicted octanol–water partition coefficient (Wildman–Crippen LogP) is 12.3. The average molecular weight is 784 g/mol. The summed E-state index contributed by atoms with van der Waals surface area (Å²) in [5.41, 5.74) is 0. The molecule has 1 amide bonds. The highest BCUT2D eigenvalue weighted by atomic mass is 31.2. The number of likely N-dealkylation sites (N-methyl/N-ethyl adjacent to an activating group) is 1. The number of aliphatic hydroxyl groups is 1. The van der Waals surface area contributed by atoms with E-state index < -0.39 is 20.0 Å². The van der Waals surface area contributed by atoms with Crippen LogP contribution < -0.4 is 5.32 Å². The van der Waals surface area contributed by atoms with Crippen LogP contribution in [0.4, 0.5) is 0 Å². The van der Waals surface area contributed by atoms with Gasteiger partial charge >= 0.3 is 7.82 Å². The Morgan fingerprint density at radius 2 is 1.02 bits per heavy atom. The number of amides is 1. The Hall–Kier alpha value is -1.28. The minimum absolute atomic E-state index is 0.0543. The quantitative estimate of drug-likeness (QED) is 0.0247. The number of hydrogen-bond acceptors (Lipinski definition) is 5. The maximum Gasteiger partial charge on any atom is 0.472 e. The first-order chi connectivity index (χ1) is 26.0. The first kappa shape index (κ1) is 52.7. The van der Waals surface area contributed by atoms with E-state index >= 15 is 0 Å². The van der Waals surface area contributed by atoms with Crippen LogP contribution in [0.2, 0.25) is 0 Å². The molecule has 0 aliphatic rings. The Kier molecular flexibility index (Phi) is 36.4. The number of carbonyl (C=O) groups excluding carboxylic acids is 1. The number of hydrogen-bond donors (Lipinski definition) is 3. The lowest BCUT2D eigenvalue weighted by molar-refractivity contribution is -0.870. The van der Waals surface area contributed by atoms with Crippen molar-refractivity contribution in [2.24, 2.45) is 0 Å². The molecule has 0 aromatic heterocycles. The molecular formula is C45H88N2O6P+. The SMILES string of the molecule is CCC/C=C/CC/C=C/CC/C=C/C(O)C(COP(=O)(O)OCC[N+](C)(C)C)NC(=O)CCCCCCCCCCCCCCCCCCCCCCC. The number of carbonyl (C=O) groups is 1. The summed E-state index contributed by atoms with van der Waals surface area (Å²) in [6.07, 6.45) is 45.1. The van der Waals surface area contributed by atoms with E-state index in [4.69, 9.17) is 9.05 Å². The normalized spacial score (nSPS) is 14.7. The van der Waals surface area contributed by atoms with Crippen LogP contribution in [-0.2, 0) is 18.4 Å². The van der Waals surface area contributed by atoms with Crippen molar-refractivity contribution in [3.8, 4) is 0 Å². The van der Waals surface area contributed by atoms with Gasteiger partial charge in [-0.15, -0.1) is 0 Å². The Morgan fingerprint density at radius 3 is 1.44 bits per heavy atom. The maximum atomic E-state index is 12.8. The molecule has 54 heavy (non-hydrogen) atoms. The lowest BCUT2D eigenvalue weighted by atomic mass is 10.0. The Bertz CT molecular complexity index is 980. The van der Waals surface area contributed by atoms with E-state index in [1.807, 2.05) is 27.2 Å². The number of phosphoric ester groups is 1. The number of nitrogens with one attached hydrogen (secondary N) is 1. The molecule has 0 spiro atoms. The summed E-state index contributed by atoms with van der Waals surface area (Å²) in [5.74, 6) is -0.191. The van der Waals surface area contributed by atoms with Gasteiger partial charge in [0.15, 0.2) is 0 Å². The molecule has 0 bridgehead atoms. The van der Waals surface area contributed by atoms with Gasteiger partial charge in [-0.2, -0.15) is 0 Å². The second kappa shape index (κ2) is 37.3. The fraction of sp³-hybridized carbons (Fsp3) is 0.844. The molecule has 318 valence electrons. The van der Waals surface area contributed by atoms with Crippen LogP contribution in [0.3, 0.4) is 0 Å². The number of quaternary nitrogens is 1. The van der Waals surface area contributed by atoms with Gasteiger partial charge in [0, 0.05) is 6.42 Å². The zero-order chi connectivity index (χ0) is 40.0. The van der Waals surface area contributed by atoms with E-state index in [0.717, 1.165) is 51.4 Å². The van der Waals surface area contributed by atoms with Gasteiger partial charge in [0.2, 0.25) is 5.91 Å². The number of nitrogens with zero attached hydrogens (tertiary/aromatic N) is 1. The molecule has 0 heterocycles. The average Bonchev–Trinajstić information content (AvgIpc) is 3.12. The summed E-state index contributed by atoms with van der Waals surface area (Å²) in [6, 6.07) is -0.864. The molecule has 9 heteroatoms. The lowest BCUT2D eigenvalue weighted by Gasteiger charge is -2.25. The first-order valence-corrected chi connectivity index (χ1v) is 23.9. The summed E-state index contributed by atoms with van der Waals surface area (Å²) in [5, 5.41) is 13.8. The Morgan fingerprint density at radius 1 is 0.611 bits per heavy atom. The monoisotopic (exact) mass is 784 g/mol. The van der Waals surface area contributed by atoms with Crippen molar-refractivity contribution in [3.05, 3.63) is 36.5 Å². The zero-order valence-electron chi connectivity index (χ0n) is 36.0. The van der Waals surface area contributed by atoms with Crippen molar-refractivity contribution >= 4 is 13.7 Å². The van der Waals surface area contributed by atoms with Crippen molar-refractivity contribution < 1.29 is 32.9 Å². The van der Waals surface area contributed by atoms with Crippen LogP contribution in [0.1, 0.15) is 194 Å². The Balaban J connectivity index is 4.30. The number of allylic oxidation sites excluding steroid dienone is 5. The third kappa shape index (κ3) is 39.0. The van der Waals surface area contributed by atoms with Crippen LogP contribution >= 0.6 is 7.82 Å². The molecular weight excluding hydrogens is 695 g/mol. The molecule has 0 fully saturated rings. The highest BCUT2D eigenvalue weighted by Crippen LogP contribution is 2.43. The molecule has 0 saturated carbocycles. The highest BCUT2D eigenvalue weighted by molar-refractivity contribution is 7.47. The van der Waals surface area contributed by atoms with E-state index in [2.05, 4.69) is 43.5 Å². The van der Waals surface area contributed by atoms with Crippen molar-refractivity contribution in [2.75, 3.05) is 40.9 Å². The maximum absolute atomic E-state index is 12.8. The summed E-state index contributed by atoms with van der Waals surface area (Å²) in [6.45, 7) is 4.71. The standard InChI is InChI=1S/C45H87N2O6P/c1-6-8-10-12-14-16-18-19-20-21-22-23-24-25-26-27-29-31-33-35-37-39-45(49)46-43(42-53-54(50,51)52-41-40-47(3,4)5)44(48)38-36-34-32-30-28-17-15-13-11-9-7-2/h11,13,28,30,36,38,43-44,48H,6-10,12,14-27,29,31-35,37,39-42H2,1-5H3,(H-,46,49,50,51)/p+1/b13-11+,30-28+,38-36+. The molecule has 3 unspecified atom stereocenters. The third-order valence-electron chi connectivity index (χ3n) is 9.82. The molecule has 0 aliphatic heterocycles. The molecule has 0 aliphatic carbocycles. The van der Waals surface area contributed by atoms with E-state index in [1.54, 1.807) is 6.08 Å². The number of aliphatic hydroxyl groups excluding tert-OH is 1. The highest BCUT2D eigenvalue weighted by Gasteiger charge is 2.27. The molecule has 3 atom stereocenters. The van der Waals surface area contributed by atoms with Gasteiger partial charge in [0.05, 0.1) is 39.9 Å². The summed E-state index contributed by atoms with van der Waals surface area (Å²) < 4.78 is 23.5. The smallest absolute Gasteiger partial charge is 0.387 e. The summed E-state index contributed by atoms with van der Waals surface area (Å²) in [7, 11) is 1.55. The van der Waals surface area contributed by atoms with Crippen molar-refractivity contribution in [2.45, 2.75) is 206 Å². The van der Waals surface area contributed by atoms with Crippen LogP contribution in [0, 0.1) is 0 Å². The Labute approximate surface area is 334 Å². The number of phosphoric acid groups is 1. The fourth-order valence-corrected chi connectivity index (χ4v) is 6.99. The van der Waals surface area contributed by atoms with Crippen LogP contribution in [0.15, 0.2) is 36.5 Å². The molecule has 0 aromatic carbocycles. The second-order valence-electron chi connectivity index (χ2n) is 16.4. The van der Waals surface area contributed by atoms with Gasteiger partial charge in [-0.1, -0.05) is 185 Å². The van der Waals surface area contributed by atoms with Gasteiger partial charge < -0.3 is 19.8 Å². The first-order valence-electron chi connectivity index (χ1n) is 22.4. The minimum atomic E-state index is -4.34. The molecule has 0 rings (SSSR count). The van der Waals surface area contributed by atoms with E-state index in [-0.39, 0.29) is 19.1 Å². The molecule has 0 saturated heterocycles.